The van der Waals surface area contributed by atoms with Crippen LogP contribution in [0.25, 0.3) is 0 Å². The number of hydrogen-bond donors (Lipinski definition) is 3. The van der Waals surface area contributed by atoms with Crippen LogP contribution < -0.4 is 15.5 Å². The molecule has 1 aliphatic rings. The standard InChI is InChI=1S/C26H30N6O2/c1-17-8-7-9-18(14-17)27-16-28-24-25(34)32(15-22(33)26(2,3)4)21-11-6-5-10-19(21)23(30-24)20-12-13-29-31-20/h5-14,24,27-28H,15-16H2,1-4H3,(H,29,31). The lowest BCUT2D eigenvalue weighted by molar-refractivity contribution is -0.127. The van der Waals surface area contributed by atoms with Crippen LogP contribution in [-0.4, -0.2) is 47.0 Å². The van der Waals surface area contributed by atoms with E-state index in [4.69, 9.17) is 4.99 Å². The van der Waals surface area contributed by atoms with Gasteiger partial charge in [-0.3, -0.25) is 25.0 Å². The molecule has 0 aliphatic carbocycles. The second-order valence-electron chi connectivity index (χ2n) is 9.39. The van der Waals surface area contributed by atoms with Gasteiger partial charge in [0.2, 0.25) is 0 Å². The lowest BCUT2D eigenvalue weighted by atomic mass is 9.90. The second kappa shape index (κ2) is 9.61. The molecule has 8 heteroatoms. The molecular weight excluding hydrogens is 428 g/mol. The van der Waals surface area contributed by atoms with Gasteiger partial charge in [-0.1, -0.05) is 51.1 Å². The number of carbonyl (C=O) groups excluding carboxylic acids is 2. The number of rotatable bonds is 7. The van der Waals surface area contributed by atoms with Crippen LogP contribution in [-0.2, 0) is 9.59 Å². The third-order valence-corrected chi connectivity index (χ3v) is 5.71. The van der Waals surface area contributed by atoms with Crippen molar-refractivity contribution in [3.63, 3.8) is 0 Å². The van der Waals surface area contributed by atoms with E-state index in [2.05, 4.69) is 20.8 Å². The number of Topliss-reactive ketones (excluding diaryl/α,β-unsaturated/α-hetero) is 1. The van der Waals surface area contributed by atoms with Gasteiger partial charge in [0.25, 0.3) is 5.91 Å². The van der Waals surface area contributed by atoms with Crippen molar-refractivity contribution >= 4 is 28.8 Å². The summed E-state index contributed by atoms with van der Waals surface area (Å²) in [6, 6.07) is 17.3. The molecule has 3 aromatic rings. The van der Waals surface area contributed by atoms with Gasteiger partial charge in [0.05, 0.1) is 30.3 Å². The number of nitrogens with zero attached hydrogens (tertiary/aromatic N) is 3. The molecule has 4 rings (SSSR count). The number of ketones is 1. The molecule has 2 aromatic carbocycles. The van der Waals surface area contributed by atoms with Gasteiger partial charge in [-0.05, 0) is 36.8 Å². The normalized spacial score (nSPS) is 16.0. The molecule has 8 nitrogen and oxygen atoms in total. The Morgan fingerprint density at radius 1 is 1.12 bits per heavy atom. The molecule has 0 spiro atoms. The van der Waals surface area contributed by atoms with Gasteiger partial charge in [0.1, 0.15) is 0 Å². The minimum Gasteiger partial charge on any atom is -0.372 e. The quantitative estimate of drug-likeness (QED) is 0.470. The van der Waals surface area contributed by atoms with E-state index in [9.17, 15) is 9.59 Å². The lowest BCUT2D eigenvalue weighted by Gasteiger charge is -2.28. The molecule has 0 saturated carbocycles. The summed E-state index contributed by atoms with van der Waals surface area (Å²) in [4.78, 5) is 33.0. The third kappa shape index (κ3) is 5.07. The highest BCUT2D eigenvalue weighted by atomic mass is 16.2. The fraction of sp³-hybridized carbons (Fsp3) is 0.308. The molecule has 2 heterocycles. The summed E-state index contributed by atoms with van der Waals surface area (Å²) >= 11 is 0. The number of anilines is 2. The van der Waals surface area contributed by atoms with Crippen LogP contribution in [0, 0.1) is 12.3 Å². The number of benzene rings is 2. The minimum atomic E-state index is -0.893. The first kappa shape index (κ1) is 23.4. The van der Waals surface area contributed by atoms with Gasteiger partial charge in [0, 0.05) is 22.9 Å². The first-order valence-electron chi connectivity index (χ1n) is 11.3. The number of nitrogens with one attached hydrogen (secondary N) is 3. The number of para-hydroxylation sites is 1. The van der Waals surface area contributed by atoms with Crippen molar-refractivity contribution in [3.8, 4) is 0 Å². The van der Waals surface area contributed by atoms with E-state index in [0.29, 0.717) is 23.8 Å². The molecule has 0 radical (unpaired) electrons. The summed E-state index contributed by atoms with van der Waals surface area (Å²) in [6.45, 7) is 7.88. The molecule has 1 unspecified atom stereocenters. The largest absolute Gasteiger partial charge is 0.372 e. The predicted molar refractivity (Wildman–Crippen MR) is 134 cm³/mol. The van der Waals surface area contributed by atoms with E-state index in [-0.39, 0.29) is 18.2 Å². The molecule has 0 bridgehead atoms. The number of aryl methyl sites for hydroxylation is 1. The maximum atomic E-state index is 13.7. The highest BCUT2D eigenvalue weighted by molar-refractivity contribution is 6.20. The highest BCUT2D eigenvalue weighted by Crippen LogP contribution is 2.29. The number of aromatic nitrogens is 2. The summed E-state index contributed by atoms with van der Waals surface area (Å²) in [5.41, 5.74) is 4.21. The van der Waals surface area contributed by atoms with Crippen molar-refractivity contribution in [2.75, 3.05) is 23.4 Å². The van der Waals surface area contributed by atoms with E-state index in [0.717, 1.165) is 16.8 Å². The molecule has 1 aliphatic heterocycles. The molecular formula is C26H30N6O2. The zero-order valence-electron chi connectivity index (χ0n) is 19.9. The number of hydrogen-bond acceptors (Lipinski definition) is 6. The predicted octanol–water partition coefficient (Wildman–Crippen LogP) is 3.50. The smallest absolute Gasteiger partial charge is 0.267 e. The zero-order chi connectivity index (χ0) is 24.3. The van der Waals surface area contributed by atoms with Crippen molar-refractivity contribution < 1.29 is 9.59 Å². The summed E-state index contributed by atoms with van der Waals surface area (Å²) < 4.78 is 0. The monoisotopic (exact) mass is 458 g/mol. The minimum absolute atomic E-state index is 0.0303. The van der Waals surface area contributed by atoms with Crippen LogP contribution in [0.4, 0.5) is 11.4 Å². The number of fused-ring (bicyclic) bond motifs is 1. The Hall–Kier alpha value is -3.78. The average molecular weight is 459 g/mol. The van der Waals surface area contributed by atoms with E-state index in [1.165, 1.54) is 0 Å². The summed E-state index contributed by atoms with van der Waals surface area (Å²) in [6.07, 6.45) is 0.756. The second-order valence-corrected chi connectivity index (χ2v) is 9.39. The highest BCUT2D eigenvalue weighted by Gasteiger charge is 2.35. The van der Waals surface area contributed by atoms with Gasteiger partial charge in [0.15, 0.2) is 11.9 Å². The Morgan fingerprint density at radius 3 is 2.62 bits per heavy atom. The van der Waals surface area contributed by atoms with Crippen molar-refractivity contribution in [2.24, 2.45) is 10.4 Å². The molecule has 3 N–H and O–H groups in total. The van der Waals surface area contributed by atoms with Crippen molar-refractivity contribution in [1.82, 2.24) is 15.5 Å². The summed E-state index contributed by atoms with van der Waals surface area (Å²) in [5, 5.41) is 13.5. The lowest BCUT2D eigenvalue weighted by Crippen LogP contribution is -2.49. The first-order valence-corrected chi connectivity index (χ1v) is 11.3. The number of aromatic amines is 1. The van der Waals surface area contributed by atoms with E-state index in [1.54, 1.807) is 11.1 Å². The Balaban J connectivity index is 1.69. The Bertz CT molecular complexity index is 1210. The maximum absolute atomic E-state index is 13.7. The van der Waals surface area contributed by atoms with Crippen LogP contribution in [0.5, 0.6) is 0 Å². The van der Waals surface area contributed by atoms with Crippen molar-refractivity contribution in [2.45, 2.75) is 33.9 Å². The Labute approximate surface area is 199 Å². The van der Waals surface area contributed by atoms with Crippen LogP contribution in [0.2, 0.25) is 0 Å². The molecule has 34 heavy (non-hydrogen) atoms. The first-order chi connectivity index (χ1) is 16.2. The summed E-state index contributed by atoms with van der Waals surface area (Å²) in [7, 11) is 0. The van der Waals surface area contributed by atoms with E-state index >= 15 is 0 Å². The van der Waals surface area contributed by atoms with Crippen LogP contribution in [0.3, 0.4) is 0 Å². The Kier molecular flexibility index (Phi) is 6.61. The van der Waals surface area contributed by atoms with Gasteiger partial charge in [-0.25, -0.2) is 0 Å². The van der Waals surface area contributed by atoms with Gasteiger partial charge < -0.3 is 10.2 Å². The third-order valence-electron chi connectivity index (χ3n) is 5.71. The average Bonchev–Trinajstić information content (AvgIpc) is 3.30. The van der Waals surface area contributed by atoms with E-state index in [1.807, 2.05) is 82.3 Å². The molecule has 0 fully saturated rings. The number of benzodiazepines with no additional fused rings is 1. The van der Waals surface area contributed by atoms with Crippen molar-refractivity contribution in [3.05, 3.63) is 77.6 Å². The zero-order valence-corrected chi connectivity index (χ0v) is 19.9. The number of carbonyl (C=O) groups is 2. The fourth-order valence-electron chi connectivity index (χ4n) is 3.71. The SMILES string of the molecule is Cc1cccc(NCNC2N=C(c3ccn[nH]3)c3ccccc3N(CC(=O)C(C)(C)C)C2=O)c1. The molecule has 0 saturated heterocycles. The van der Waals surface area contributed by atoms with E-state index < -0.39 is 11.6 Å². The molecule has 176 valence electrons. The number of aliphatic imine (C=N–C) groups is 1. The topological polar surface area (TPSA) is 102 Å². The Morgan fingerprint density at radius 2 is 1.91 bits per heavy atom. The molecule has 1 amide bonds. The fourth-order valence-corrected chi connectivity index (χ4v) is 3.71. The molecule has 1 aromatic heterocycles. The van der Waals surface area contributed by atoms with Gasteiger partial charge in [-0.2, -0.15) is 5.10 Å². The van der Waals surface area contributed by atoms with Crippen LogP contribution in [0.15, 0.2) is 65.8 Å². The van der Waals surface area contributed by atoms with Crippen molar-refractivity contribution in [1.29, 1.82) is 0 Å². The summed E-state index contributed by atoms with van der Waals surface area (Å²) in [5.74, 6) is -0.317. The van der Waals surface area contributed by atoms with Crippen LogP contribution in [0.1, 0.15) is 37.6 Å². The van der Waals surface area contributed by atoms with Crippen LogP contribution >= 0.6 is 0 Å². The van der Waals surface area contributed by atoms with Gasteiger partial charge in [-0.15, -0.1) is 0 Å². The number of amides is 1. The number of H-pyrrole nitrogens is 1. The van der Waals surface area contributed by atoms with Gasteiger partial charge >= 0.3 is 0 Å². The molecule has 1 atom stereocenters. The maximum Gasteiger partial charge on any atom is 0.267 e.